The minimum absolute atomic E-state index is 0.182. The highest BCUT2D eigenvalue weighted by molar-refractivity contribution is 7.09. The quantitative estimate of drug-likeness (QED) is 0.850. The molecule has 2 rings (SSSR count). The van der Waals surface area contributed by atoms with E-state index in [1.54, 1.807) is 11.3 Å². The molecule has 1 aromatic heterocycles. The van der Waals surface area contributed by atoms with Crippen molar-refractivity contribution in [1.82, 2.24) is 9.88 Å². The van der Waals surface area contributed by atoms with Crippen LogP contribution in [0.2, 0.25) is 0 Å². The Morgan fingerprint density at radius 2 is 2.53 bits per heavy atom. The first-order chi connectivity index (χ1) is 7.19. The SMILES string of the molecule is Cc1nc(CN2C[C@H](F)C[C@H]2CN)cs1. The number of aryl methyl sites for hydroxylation is 1. The number of hydrogen-bond donors (Lipinski definition) is 1. The summed E-state index contributed by atoms with van der Waals surface area (Å²) in [5, 5.41) is 3.10. The summed E-state index contributed by atoms with van der Waals surface area (Å²) in [6.45, 7) is 3.74. The zero-order valence-electron chi connectivity index (χ0n) is 8.82. The molecule has 1 fully saturated rings. The average molecular weight is 229 g/mol. The molecule has 1 aliphatic rings. The average Bonchev–Trinajstić information content (AvgIpc) is 2.73. The van der Waals surface area contributed by atoms with Crippen molar-refractivity contribution in [2.75, 3.05) is 13.1 Å². The molecule has 0 aromatic carbocycles. The molecule has 0 aliphatic carbocycles. The predicted octanol–water partition coefficient (Wildman–Crippen LogP) is 1.32. The summed E-state index contributed by atoms with van der Waals surface area (Å²) in [4.78, 5) is 6.48. The van der Waals surface area contributed by atoms with Gasteiger partial charge in [0.2, 0.25) is 0 Å². The lowest BCUT2D eigenvalue weighted by Crippen LogP contribution is -2.35. The Morgan fingerprint density at radius 1 is 1.73 bits per heavy atom. The van der Waals surface area contributed by atoms with Gasteiger partial charge in [-0.05, 0) is 13.3 Å². The van der Waals surface area contributed by atoms with E-state index in [1.807, 2.05) is 12.3 Å². The topological polar surface area (TPSA) is 42.2 Å². The first kappa shape index (κ1) is 11.0. The Kier molecular flexibility index (Phi) is 3.33. The lowest BCUT2D eigenvalue weighted by molar-refractivity contribution is 0.236. The van der Waals surface area contributed by atoms with Crippen LogP contribution in [-0.2, 0) is 6.54 Å². The first-order valence-electron chi connectivity index (χ1n) is 5.18. The van der Waals surface area contributed by atoms with Crippen LogP contribution in [0.1, 0.15) is 17.1 Å². The summed E-state index contributed by atoms with van der Waals surface area (Å²) < 4.78 is 13.2. The monoisotopic (exact) mass is 229 g/mol. The normalized spacial score (nSPS) is 27.4. The van der Waals surface area contributed by atoms with E-state index < -0.39 is 6.17 Å². The van der Waals surface area contributed by atoms with Gasteiger partial charge in [0.1, 0.15) is 6.17 Å². The molecule has 2 heterocycles. The Bertz CT molecular complexity index is 328. The van der Waals surface area contributed by atoms with Crippen molar-refractivity contribution < 1.29 is 4.39 Å². The summed E-state index contributed by atoms with van der Waals surface area (Å²) in [6.07, 6.45) is -0.155. The van der Waals surface area contributed by atoms with Gasteiger partial charge in [-0.15, -0.1) is 11.3 Å². The van der Waals surface area contributed by atoms with E-state index in [1.165, 1.54) is 0 Å². The van der Waals surface area contributed by atoms with Gasteiger partial charge in [0.05, 0.1) is 10.7 Å². The van der Waals surface area contributed by atoms with Crippen LogP contribution in [0.15, 0.2) is 5.38 Å². The van der Waals surface area contributed by atoms with Gasteiger partial charge in [0, 0.05) is 31.1 Å². The van der Waals surface area contributed by atoms with Gasteiger partial charge in [-0.3, -0.25) is 4.90 Å². The molecule has 1 aromatic rings. The van der Waals surface area contributed by atoms with E-state index in [9.17, 15) is 4.39 Å². The van der Waals surface area contributed by atoms with Crippen molar-refractivity contribution in [3.8, 4) is 0 Å². The molecule has 3 nitrogen and oxygen atoms in total. The van der Waals surface area contributed by atoms with Gasteiger partial charge in [0.25, 0.3) is 0 Å². The van der Waals surface area contributed by atoms with Crippen molar-refractivity contribution in [3.05, 3.63) is 16.1 Å². The fraction of sp³-hybridized carbons (Fsp3) is 0.700. The first-order valence-corrected chi connectivity index (χ1v) is 6.06. The maximum absolute atomic E-state index is 13.2. The molecule has 1 saturated heterocycles. The smallest absolute Gasteiger partial charge is 0.114 e. The van der Waals surface area contributed by atoms with Crippen LogP contribution in [0, 0.1) is 6.92 Å². The number of hydrogen-bond acceptors (Lipinski definition) is 4. The van der Waals surface area contributed by atoms with Crippen LogP contribution in [0.25, 0.3) is 0 Å². The van der Waals surface area contributed by atoms with Crippen molar-refractivity contribution in [2.45, 2.75) is 32.1 Å². The maximum Gasteiger partial charge on any atom is 0.114 e. The highest BCUT2D eigenvalue weighted by Gasteiger charge is 2.31. The van der Waals surface area contributed by atoms with Gasteiger partial charge in [-0.2, -0.15) is 0 Å². The van der Waals surface area contributed by atoms with Gasteiger partial charge in [0.15, 0.2) is 0 Å². The van der Waals surface area contributed by atoms with Crippen molar-refractivity contribution in [2.24, 2.45) is 5.73 Å². The minimum atomic E-state index is -0.724. The molecule has 0 unspecified atom stereocenters. The molecular weight excluding hydrogens is 213 g/mol. The van der Waals surface area contributed by atoms with E-state index in [-0.39, 0.29) is 6.04 Å². The van der Waals surface area contributed by atoms with Crippen molar-refractivity contribution in [1.29, 1.82) is 0 Å². The van der Waals surface area contributed by atoms with Crippen molar-refractivity contribution in [3.63, 3.8) is 0 Å². The second-order valence-corrected chi connectivity index (χ2v) is 5.07. The third-order valence-electron chi connectivity index (χ3n) is 2.78. The van der Waals surface area contributed by atoms with Gasteiger partial charge < -0.3 is 5.73 Å². The van der Waals surface area contributed by atoms with Gasteiger partial charge in [-0.1, -0.05) is 0 Å². The third-order valence-corrected chi connectivity index (χ3v) is 3.60. The molecule has 0 radical (unpaired) electrons. The van der Waals surface area contributed by atoms with Crippen LogP contribution in [0.4, 0.5) is 4.39 Å². The molecule has 0 amide bonds. The van der Waals surface area contributed by atoms with E-state index >= 15 is 0 Å². The molecule has 0 bridgehead atoms. The Labute approximate surface area is 93.1 Å². The third kappa shape index (κ3) is 2.53. The second kappa shape index (κ2) is 4.55. The van der Waals surface area contributed by atoms with E-state index in [4.69, 9.17) is 5.73 Å². The summed E-state index contributed by atoms with van der Waals surface area (Å²) in [5.74, 6) is 0. The number of nitrogens with zero attached hydrogens (tertiary/aromatic N) is 2. The predicted molar refractivity (Wildman–Crippen MR) is 59.6 cm³/mol. The van der Waals surface area contributed by atoms with Crippen LogP contribution in [0.5, 0.6) is 0 Å². The van der Waals surface area contributed by atoms with Gasteiger partial charge >= 0.3 is 0 Å². The van der Waals surface area contributed by atoms with E-state index in [0.717, 1.165) is 17.2 Å². The number of nitrogens with two attached hydrogens (primary N) is 1. The molecule has 1 aliphatic heterocycles. The van der Waals surface area contributed by atoms with E-state index in [2.05, 4.69) is 9.88 Å². The molecule has 84 valence electrons. The highest BCUT2D eigenvalue weighted by atomic mass is 32.1. The highest BCUT2D eigenvalue weighted by Crippen LogP contribution is 2.22. The molecule has 2 N–H and O–H groups in total. The maximum atomic E-state index is 13.2. The Morgan fingerprint density at radius 3 is 3.13 bits per heavy atom. The lowest BCUT2D eigenvalue weighted by Gasteiger charge is -2.21. The van der Waals surface area contributed by atoms with E-state index in [0.29, 0.717) is 19.5 Å². The van der Waals surface area contributed by atoms with Crippen LogP contribution in [0.3, 0.4) is 0 Å². The van der Waals surface area contributed by atoms with Crippen LogP contribution >= 0.6 is 11.3 Å². The molecule has 15 heavy (non-hydrogen) atoms. The molecule has 5 heteroatoms. The minimum Gasteiger partial charge on any atom is -0.329 e. The molecular formula is C10H16FN3S. The summed E-state index contributed by atoms with van der Waals surface area (Å²) in [5.41, 5.74) is 6.65. The lowest BCUT2D eigenvalue weighted by atomic mass is 10.2. The number of rotatable bonds is 3. The summed E-state index contributed by atoms with van der Waals surface area (Å²) in [6, 6.07) is 0.182. The zero-order valence-corrected chi connectivity index (χ0v) is 9.63. The number of thiazole rings is 1. The summed E-state index contributed by atoms with van der Waals surface area (Å²) in [7, 11) is 0. The number of likely N-dealkylation sites (tertiary alicyclic amines) is 1. The molecule has 2 atom stereocenters. The standard InChI is InChI=1S/C10H16FN3S/c1-7-13-9(6-15-7)5-14-4-8(11)2-10(14)3-12/h6,8,10H,2-5,12H2,1H3/t8-,10+/m1/s1. The Hall–Kier alpha value is -0.520. The fourth-order valence-corrected chi connectivity index (χ4v) is 2.65. The Balaban J connectivity index is 1.99. The molecule has 0 saturated carbocycles. The van der Waals surface area contributed by atoms with Gasteiger partial charge in [-0.25, -0.2) is 9.37 Å². The summed E-state index contributed by atoms with van der Waals surface area (Å²) >= 11 is 1.63. The number of alkyl halides is 1. The number of halogens is 1. The number of aromatic nitrogens is 1. The molecule has 0 spiro atoms. The van der Waals surface area contributed by atoms with Crippen LogP contribution in [-0.4, -0.2) is 35.2 Å². The largest absolute Gasteiger partial charge is 0.329 e. The second-order valence-electron chi connectivity index (χ2n) is 4.01. The van der Waals surface area contributed by atoms with Crippen molar-refractivity contribution >= 4 is 11.3 Å². The zero-order chi connectivity index (χ0) is 10.8. The fourth-order valence-electron chi connectivity index (χ4n) is 2.05. The van der Waals surface area contributed by atoms with Crippen LogP contribution < -0.4 is 5.73 Å².